The van der Waals surface area contributed by atoms with Gasteiger partial charge in [0.15, 0.2) is 0 Å². The summed E-state index contributed by atoms with van der Waals surface area (Å²) < 4.78 is 38.3. The molecule has 3 nitrogen and oxygen atoms in total. The molecule has 2 aliphatic carbocycles. The third-order valence-electron chi connectivity index (χ3n) is 5.11. The lowest BCUT2D eigenvalue weighted by Gasteiger charge is -2.41. The molecule has 0 bridgehead atoms. The Balaban J connectivity index is 2.00. The Labute approximate surface area is 123 Å². The van der Waals surface area contributed by atoms with Crippen LogP contribution in [-0.2, 0) is 4.79 Å². The summed E-state index contributed by atoms with van der Waals surface area (Å²) in [5.41, 5.74) is 4.60. The van der Waals surface area contributed by atoms with Crippen molar-refractivity contribution >= 4 is 5.91 Å². The van der Waals surface area contributed by atoms with Crippen molar-refractivity contribution in [2.24, 2.45) is 11.7 Å². The third kappa shape index (κ3) is 4.11. The van der Waals surface area contributed by atoms with E-state index < -0.39 is 23.5 Å². The van der Waals surface area contributed by atoms with Crippen LogP contribution in [0.15, 0.2) is 0 Å². The summed E-state index contributed by atoms with van der Waals surface area (Å²) in [6.45, 7) is 0. The van der Waals surface area contributed by atoms with E-state index in [1.54, 1.807) is 0 Å². The summed E-state index contributed by atoms with van der Waals surface area (Å²) in [5.74, 6) is -1.78. The number of carbonyl (C=O) groups excluding carboxylic acids is 1. The molecule has 0 aromatic carbocycles. The van der Waals surface area contributed by atoms with E-state index in [0.29, 0.717) is 0 Å². The van der Waals surface area contributed by atoms with Gasteiger partial charge in [-0.2, -0.15) is 13.2 Å². The van der Waals surface area contributed by atoms with Gasteiger partial charge in [0.25, 0.3) is 0 Å². The highest BCUT2D eigenvalue weighted by molar-refractivity contribution is 5.84. The Kier molecular flexibility index (Phi) is 5.17. The number of hydrogen-bond acceptors (Lipinski definition) is 2. The number of carbonyl (C=O) groups is 1. The molecule has 0 unspecified atom stereocenters. The molecule has 2 saturated carbocycles. The minimum Gasteiger partial charge on any atom is -0.368 e. The monoisotopic (exact) mass is 306 g/mol. The van der Waals surface area contributed by atoms with Crippen LogP contribution in [-0.4, -0.2) is 23.7 Å². The molecule has 2 aliphatic rings. The van der Waals surface area contributed by atoms with Crippen LogP contribution >= 0.6 is 0 Å². The van der Waals surface area contributed by atoms with E-state index in [1.165, 1.54) is 12.8 Å². The number of hydrogen-bond donors (Lipinski definition) is 2. The Hall–Kier alpha value is -0.780. The lowest BCUT2D eigenvalue weighted by Crippen LogP contribution is -2.60. The SMILES string of the molecule is NC(=O)C1(NC2CCCCCC2)CCC(C(F)(F)F)CC1. The molecule has 0 heterocycles. The van der Waals surface area contributed by atoms with Gasteiger partial charge in [0, 0.05) is 6.04 Å². The Morgan fingerprint density at radius 3 is 1.95 bits per heavy atom. The molecule has 2 rings (SSSR count). The van der Waals surface area contributed by atoms with Gasteiger partial charge < -0.3 is 11.1 Å². The van der Waals surface area contributed by atoms with Crippen molar-refractivity contribution < 1.29 is 18.0 Å². The van der Waals surface area contributed by atoms with Crippen molar-refractivity contribution in [3.8, 4) is 0 Å². The fourth-order valence-corrected chi connectivity index (χ4v) is 3.71. The molecule has 21 heavy (non-hydrogen) atoms. The number of nitrogens with two attached hydrogens (primary N) is 1. The average Bonchev–Trinajstić information content (AvgIpc) is 2.66. The number of rotatable bonds is 3. The molecular weight excluding hydrogens is 281 g/mol. The molecular formula is C15H25F3N2O. The van der Waals surface area contributed by atoms with E-state index >= 15 is 0 Å². The van der Waals surface area contributed by atoms with Crippen LogP contribution in [0.2, 0.25) is 0 Å². The van der Waals surface area contributed by atoms with Crippen LogP contribution in [0.3, 0.4) is 0 Å². The zero-order chi connectivity index (χ0) is 15.5. The van der Waals surface area contributed by atoms with Crippen LogP contribution in [0.5, 0.6) is 0 Å². The predicted molar refractivity (Wildman–Crippen MR) is 74.6 cm³/mol. The van der Waals surface area contributed by atoms with E-state index in [4.69, 9.17) is 5.73 Å². The summed E-state index contributed by atoms with van der Waals surface area (Å²) in [7, 11) is 0. The molecule has 0 radical (unpaired) electrons. The molecule has 1 amide bonds. The second-order valence-corrected chi connectivity index (χ2v) is 6.60. The molecule has 3 N–H and O–H groups in total. The Morgan fingerprint density at radius 1 is 1.00 bits per heavy atom. The Morgan fingerprint density at radius 2 is 1.52 bits per heavy atom. The van der Waals surface area contributed by atoms with Gasteiger partial charge in [-0.15, -0.1) is 0 Å². The van der Waals surface area contributed by atoms with Crippen LogP contribution in [0.4, 0.5) is 13.2 Å². The van der Waals surface area contributed by atoms with E-state index in [-0.39, 0.29) is 31.7 Å². The number of halogens is 3. The lowest BCUT2D eigenvalue weighted by molar-refractivity contribution is -0.186. The summed E-state index contributed by atoms with van der Waals surface area (Å²) in [4.78, 5) is 11.9. The molecule has 0 spiro atoms. The number of primary amides is 1. The van der Waals surface area contributed by atoms with Gasteiger partial charge in [0.1, 0.15) is 0 Å². The maximum atomic E-state index is 12.8. The number of alkyl halides is 3. The van der Waals surface area contributed by atoms with E-state index in [2.05, 4.69) is 5.32 Å². The van der Waals surface area contributed by atoms with Gasteiger partial charge in [-0.3, -0.25) is 4.79 Å². The third-order valence-corrected chi connectivity index (χ3v) is 5.11. The largest absolute Gasteiger partial charge is 0.391 e. The molecule has 0 aromatic heterocycles. The minimum atomic E-state index is -4.16. The predicted octanol–water partition coefficient (Wildman–Crippen LogP) is 3.28. The first-order chi connectivity index (χ1) is 9.83. The average molecular weight is 306 g/mol. The molecule has 2 fully saturated rings. The molecule has 122 valence electrons. The van der Waals surface area contributed by atoms with Crippen LogP contribution in [0.1, 0.15) is 64.2 Å². The van der Waals surface area contributed by atoms with Gasteiger partial charge in [0.05, 0.1) is 11.5 Å². The minimum absolute atomic E-state index is 0.00778. The second kappa shape index (κ2) is 6.55. The zero-order valence-electron chi connectivity index (χ0n) is 12.3. The fourth-order valence-electron chi connectivity index (χ4n) is 3.71. The van der Waals surface area contributed by atoms with Crippen molar-refractivity contribution in [3.63, 3.8) is 0 Å². The number of nitrogens with one attached hydrogen (secondary N) is 1. The van der Waals surface area contributed by atoms with Gasteiger partial charge in [-0.25, -0.2) is 0 Å². The first kappa shape index (κ1) is 16.6. The lowest BCUT2D eigenvalue weighted by atomic mass is 9.75. The van der Waals surface area contributed by atoms with Crippen LogP contribution in [0, 0.1) is 5.92 Å². The topological polar surface area (TPSA) is 55.1 Å². The molecule has 6 heteroatoms. The van der Waals surface area contributed by atoms with E-state index in [0.717, 1.165) is 25.7 Å². The van der Waals surface area contributed by atoms with Crippen molar-refractivity contribution in [3.05, 3.63) is 0 Å². The summed E-state index contributed by atoms with van der Waals surface area (Å²) in [6, 6.07) is 0.211. The summed E-state index contributed by atoms with van der Waals surface area (Å²) >= 11 is 0. The normalized spacial score (nSPS) is 32.6. The quantitative estimate of drug-likeness (QED) is 0.786. The van der Waals surface area contributed by atoms with Gasteiger partial charge in [0.2, 0.25) is 5.91 Å². The van der Waals surface area contributed by atoms with Crippen molar-refractivity contribution in [2.75, 3.05) is 0 Å². The summed E-state index contributed by atoms with van der Waals surface area (Å²) in [5, 5.41) is 3.34. The van der Waals surface area contributed by atoms with Gasteiger partial charge >= 0.3 is 6.18 Å². The van der Waals surface area contributed by atoms with E-state index in [1.807, 2.05) is 0 Å². The highest BCUT2D eigenvalue weighted by Crippen LogP contribution is 2.41. The summed E-state index contributed by atoms with van der Waals surface area (Å²) in [6.07, 6.45) is 2.79. The molecule has 0 atom stereocenters. The van der Waals surface area contributed by atoms with Crippen molar-refractivity contribution in [1.82, 2.24) is 5.32 Å². The molecule has 0 aromatic rings. The van der Waals surface area contributed by atoms with Gasteiger partial charge in [-0.05, 0) is 38.5 Å². The smallest absolute Gasteiger partial charge is 0.368 e. The van der Waals surface area contributed by atoms with Crippen molar-refractivity contribution in [2.45, 2.75) is 82.0 Å². The first-order valence-corrected chi connectivity index (χ1v) is 7.98. The maximum Gasteiger partial charge on any atom is 0.391 e. The highest BCUT2D eigenvalue weighted by Gasteiger charge is 2.48. The van der Waals surface area contributed by atoms with Crippen LogP contribution in [0.25, 0.3) is 0 Å². The van der Waals surface area contributed by atoms with Crippen LogP contribution < -0.4 is 11.1 Å². The first-order valence-electron chi connectivity index (χ1n) is 7.98. The molecule has 0 aliphatic heterocycles. The zero-order valence-corrected chi connectivity index (χ0v) is 12.3. The fraction of sp³-hybridized carbons (Fsp3) is 0.933. The highest BCUT2D eigenvalue weighted by atomic mass is 19.4. The maximum absolute atomic E-state index is 12.8. The van der Waals surface area contributed by atoms with Crippen molar-refractivity contribution in [1.29, 1.82) is 0 Å². The second-order valence-electron chi connectivity index (χ2n) is 6.60. The van der Waals surface area contributed by atoms with Gasteiger partial charge in [-0.1, -0.05) is 25.7 Å². The Bertz CT molecular complexity index is 354. The molecule has 0 saturated heterocycles. The van der Waals surface area contributed by atoms with E-state index in [9.17, 15) is 18.0 Å². The number of amides is 1. The standard InChI is InChI=1S/C15H25F3N2O/c16-15(17,18)11-7-9-14(10-8-11,13(19)21)20-12-5-3-1-2-4-6-12/h11-12,20H,1-10H2,(H2,19,21).